The number of nitrogens with zero attached hydrogens (tertiary/aromatic N) is 4. The van der Waals surface area contributed by atoms with Crippen molar-refractivity contribution < 1.29 is 13.2 Å². The summed E-state index contributed by atoms with van der Waals surface area (Å²) in [4.78, 5) is 5.30. The van der Waals surface area contributed by atoms with Crippen molar-refractivity contribution in [2.75, 3.05) is 40.3 Å². The zero-order valence-corrected chi connectivity index (χ0v) is 18.2. The zero-order valence-electron chi connectivity index (χ0n) is 15.9. The Morgan fingerprint density at radius 1 is 1.18 bits per heavy atom. The molecule has 28 heavy (non-hydrogen) atoms. The second-order valence-corrected chi connectivity index (χ2v) is 6.15. The van der Waals surface area contributed by atoms with Gasteiger partial charge in [0.15, 0.2) is 5.96 Å². The van der Waals surface area contributed by atoms with Crippen molar-refractivity contribution >= 4 is 29.9 Å². The number of rotatable bonds is 8. The maximum atomic E-state index is 12.3. The van der Waals surface area contributed by atoms with Gasteiger partial charge in [-0.15, -0.1) is 24.0 Å². The first-order valence-electron chi connectivity index (χ1n) is 8.66. The van der Waals surface area contributed by atoms with Gasteiger partial charge in [-0.1, -0.05) is 12.1 Å². The fraction of sp³-hybridized carbons (Fsp3) is 0.444. The molecule has 1 heterocycles. The van der Waals surface area contributed by atoms with Crippen LogP contribution in [0.5, 0.6) is 0 Å². The number of likely N-dealkylation sites (N-methyl/N-ethyl adjacent to an activating group) is 1. The van der Waals surface area contributed by atoms with Gasteiger partial charge < -0.3 is 10.6 Å². The van der Waals surface area contributed by atoms with Crippen molar-refractivity contribution in [3.05, 3.63) is 48.3 Å². The highest BCUT2D eigenvalue weighted by atomic mass is 127. The number of nitrogens with one attached hydrogen (secondary N) is 2. The van der Waals surface area contributed by atoms with E-state index in [9.17, 15) is 13.2 Å². The van der Waals surface area contributed by atoms with Crippen molar-refractivity contribution in [2.24, 2.45) is 4.99 Å². The summed E-state index contributed by atoms with van der Waals surface area (Å²) in [6, 6.07) is 9.97. The van der Waals surface area contributed by atoms with E-state index in [2.05, 4.69) is 20.7 Å². The predicted molar refractivity (Wildman–Crippen MR) is 116 cm³/mol. The monoisotopic (exact) mass is 510 g/mol. The summed E-state index contributed by atoms with van der Waals surface area (Å²) in [6.45, 7) is 0.397. The number of alkyl halides is 3. The zero-order chi connectivity index (χ0) is 19.7. The summed E-state index contributed by atoms with van der Waals surface area (Å²) >= 11 is 0. The molecule has 0 saturated carbocycles. The van der Waals surface area contributed by atoms with Crippen molar-refractivity contribution in [3.8, 4) is 5.69 Å². The Balaban J connectivity index is 0.00000392. The minimum absolute atomic E-state index is 0. The van der Waals surface area contributed by atoms with Crippen LogP contribution in [-0.4, -0.2) is 67.1 Å². The van der Waals surface area contributed by atoms with E-state index in [1.807, 2.05) is 36.5 Å². The van der Waals surface area contributed by atoms with Crippen LogP contribution in [0.2, 0.25) is 0 Å². The number of aliphatic imine (C=N–C) groups is 1. The summed E-state index contributed by atoms with van der Waals surface area (Å²) in [5, 5.41) is 10.4. The first-order valence-corrected chi connectivity index (χ1v) is 8.66. The number of halogens is 4. The predicted octanol–water partition coefficient (Wildman–Crippen LogP) is 2.69. The van der Waals surface area contributed by atoms with Gasteiger partial charge in [0.05, 0.1) is 12.2 Å². The maximum absolute atomic E-state index is 12.3. The molecule has 0 saturated heterocycles. The van der Waals surface area contributed by atoms with Crippen LogP contribution >= 0.6 is 24.0 Å². The first kappa shape index (κ1) is 24.2. The quantitative estimate of drug-likeness (QED) is 0.326. The van der Waals surface area contributed by atoms with Crippen LogP contribution in [0, 0.1) is 0 Å². The van der Waals surface area contributed by atoms with Gasteiger partial charge in [0, 0.05) is 39.1 Å². The average Bonchev–Trinajstić information content (AvgIpc) is 3.14. The van der Waals surface area contributed by atoms with E-state index >= 15 is 0 Å². The molecule has 1 aromatic heterocycles. The molecule has 6 nitrogen and oxygen atoms in total. The second-order valence-electron chi connectivity index (χ2n) is 6.15. The van der Waals surface area contributed by atoms with Crippen LogP contribution in [0.15, 0.2) is 47.7 Å². The minimum atomic E-state index is -4.18. The Morgan fingerprint density at radius 3 is 2.43 bits per heavy atom. The highest BCUT2D eigenvalue weighted by molar-refractivity contribution is 14.0. The van der Waals surface area contributed by atoms with Crippen molar-refractivity contribution in [1.82, 2.24) is 25.3 Å². The Kier molecular flexibility index (Phi) is 10.3. The van der Waals surface area contributed by atoms with Gasteiger partial charge >= 0.3 is 6.18 Å². The molecule has 0 aliphatic rings. The molecule has 0 radical (unpaired) electrons. The van der Waals surface area contributed by atoms with Crippen LogP contribution in [0.4, 0.5) is 13.2 Å². The number of hydrogen-bond donors (Lipinski definition) is 2. The lowest BCUT2D eigenvalue weighted by Crippen LogP contribution is -2.42. The molecule has 2 rings (SSSR count). The van der Waals surface area contributed by atoms with Crippen molar-refractivity contribution in [2.45, 2.75) is 12.6 Å². The highest BCUT2D eigenvalue weighted by Gasteiger charge is 2.28. The maximum Gasteiger partial charge on any atom is 0.401 e. The SMILES string of the molecule is CN=C(NCCc1ccc(-n2cccn2)cc1)NCCN(C)CC(F)(F)F.I. The molecule has 0 spiro atoms. The van der Waals surface area contributed by atoms with E-state index < -0.39 is 12.7 Å². The fourth-order valence-electron chi connectivity index (χ4n) is 2.53. The van der Waals surface area contributed by atoms with Crippen LogP contribution in [0.1, 0.15) is 5.56 Å². The molecule has 0 bridgehead atoms. The molecular weight excluding hydrogens is 484 g/mol. The van der Waals surface area contributed by atoms with Gasteiger partial charge in [-0.25, -0.2) is 4.68 Å². The Labute approximate surface area is 180 Å². The van der Waals surface area contributed by atoms with Gasteiger partial charge in [-0.05, 0) is 37.2 Å². The third-order valence-corrected chi connectivity index (χ3v) is 3.87. The Morgan fingerprint density at radius 2 is 1.86 bits per heavy atom. The standard InChI is InChI=1S/C18H25F3N6.HI/c1-22-17(24-11-13-26(2)14-18(19,20)21)23-10-8-15-4-6-16(7-5-15)27-12-3-9-25-27;/h3-7,9,12H,8,10-11,13-14H2,1-2H3,(H2,22,23,24);1H. The van der Waals surface area contributed by atoms with Crippen molar-refractivity contribution in [3.63, 3.8) is 0 Å². The molecule has 1 aromatic carbocycles. The summed E-state index contributed by atoms with van der Waals surface area (Å²) < 4.78 is 38.7. The third kappa shape index (κ3) is 8.91. The van der Waals surface area contributed by atoms with E-state index in [1.54, 1.807) is 17.9 Å². The second kappa shape index (κ2) is 11.9. The lowest BCUT2D eigenvalue weighted by molar-refractivity contribution is -0.142. The molecular formula is C18H26F3IN6. The van der Waals surface area contributed by atoms with Gasteiger partial charge in [0.25, 0.3) is 0 Å². The molecule has 0 unspecified atom stereocenters. The highest BCUT2D eigenvalue weighted by Crippen LogP contribution is 2.15. The molecule has 0 amide bonds. The Bertz CT molecular complexity index is 701. The summed E-state index contributed by atoms with van der Waals surface area (Å²) in [7, 11) is 3.08. The third-order valence-electron chi connectivity index (χ3n) is 3.87. The normalized spacial score (nSPS) is 12.0. The minimum Gasteiger partial charge on any atom is -0.356 e. The van der Waals surface area contributed by atoms with Crippen LogP contribution < -0.4 is 10.6 Å². The van der Waals surface area contributed by atoms with E-state index in [-0.39, 0.29) is 30.5 Å². The van der Waals surface area contributed by atoms with Crippen LogP contribution in [0.3, 0.4) is 0 Å². The van der Waals surface area contributed by atoms with Gasteiger partial charge in [-0.2, -0.15) is 18.3 Å². The van der Waals surface area contributed by atoms with E-state index in [0.717, 1.165) is 12.1 Å². The molecule has 0 aliphatic carbocycles. The summed E-state index contributed by atoms with van der Waals surface area (Å²) in [6.07, 6.45) is 0.241. The lowest BCUT2D eigenvalue weighted by Gasteiger charge is -2.19. The molecule has 2 aromatic rings. The fourth-order valence-corrected chi connectivity index (χ4v) is 2.53. The summed E-state index contributed by atoms with van der Waals surface area (Å²) in [5.74, 6) is 0.573. The largest absolute Gasteiger partial charge is 0.401 e. The number of benzene rings is 1. The van der Waals surface area contributed by atoms with Gasteiger partial charge in [0.1, 0.15) is 0 Å². The Hall–Kier alpha value is -1.82. The van der Waals surface area contributed by atoms with E-state index in [1.165, 1.54) is 17.5 Å². The van der Waals surface area contributed by atoms with Gasteiger partial charge in [-0.3, -0.25) is 9.89 Å². The molecule has 10 heteroatoms. The molecule has 0 fully saturated rings. The van der Waals surface area contributed by atoms with E-state index in [0.29, 0.717) is 19.0 Å². The number of hydrogen-bond acceptors (Lipinski definition) is 3. The summed E-state index contributed by atoms with van der Waals surface area (Å²) in [5.41, 5.74) is 2.16. The van der Waals surface area contributed by atoms with Crippen LogP contribution in [-0.2, 0) is 6.42 Å². The molecule has 156 valence electrons. The topological polar surface area (TPSA) is 57.5 Å². The molecule has 2 N–H and O–H groups in total. The number of aromatic nitrogens is 2. The average molecular weight is 510 g/mol. The van der Waals surface area contributed by atoms with E-state index in [4.69, 9.17) is 0 Å². The smallest absolute Gasteiger partial charge is 0.356 e. The number of guanidine groups is 1. The first-order chi connectivity index (χ1) is 12.9. The van der Waals surface area contributed by atoms with Crippen LogP contribution in [0.25, 0.3) is 5.69 Å². The van der Waals surface area contributed by atoms with Crippen molar-refractivity contribution in [1.29, 1.82) is 0 Å². The lowest BCUT2D eigenvalue weighted by atomic mass is 10.1. The van der Waals surface area contributed by atoms with Gasteiger partial charge in [0.2, 0.25) is 0 Å². The molecule has 0 atom stereocenters. The molecule has 0 aliphatic heterocycles.